The van der Waals surface area contributed by atoms with Gasteiger partial charge in [-0.2, -0.15) is 5.10 Å². The molecule has 2 aromatic rings. The van der Waals surface area contributed by atoms with E-state index >= 15 is 0 Å². The zero-order valence-corrected chi connectivity index (χ0v) is 18.3. The maximum Gasteiger partial charge on any atom is 1.00 e. The number of nitrogens with zero attached hydrogens (tertiary/aromatic N) is 4. The first-order chi connectivity index (χ1) is 12.3. The second-order valence-corrected chi connectivity index (χ2v) is 6.03. The Morgan fingerprint density at radius 1 is 1.07 bits per heavy atom. The van der Waals surface area contributed by atoms with Crippen LogP contribution in [0.2, 0.25) is 0 Å². The summed E-state index contributed by atoms with van der Waals surface area (Å²) in [6, 6.07) is 16.4. The van der Waals surface area contributed by atoms with Gasteiger partial charge in [-0.25, -0.2) is 8.42 Å². The van der Waals surface area contributed by atoms with Crippen molar-refractivity contribution in [3.05, 3.63) is 67.3 Å². The van der Waals surface area contributed by atoms with E-state index in [0.29, 0.717) is 5.69 Å². The van der Waals surface area contributed by atoms with Crippen molar-refractivity contribution in [3.63, 3.8) is 0 Å². The largest absolute Gasteiger partial charge is 1.00 e. The van der Waals surface area contributed by atoms with Crippen LogP contribution in [0.1, 0.15) is 0 Å². The van der Waals surface area contributed by atoms with Crippen LogP contribution in [0.25, 0.3) is 0 Å². The van der Waals surface area contributed by atoms with Gasteiger partial charge >= 0.3 is 29.6 Å². The smallest absolute Gasteiger partial charge is 0.728 e. The molecule has 2 aromatic carbocycles. The Kier molecular flexibility index (Phi) is 12.2. The molecule has 1 N–H and O–H groups in total. The molecule has 0 spiro atoms. The quantitative estimate of drug-likeness (QED) is 0.252. The van der Waals surface area contributed by atoms with Gasteiger partial charge in [-0.15, -0.1) is 5.11 Å². The predicted octanol–water partition coefficient (Wildman–Crippen LogP) is 0.571. The minimum atomic E-state index is -4.65. The van der Waals surface area contributed by atoms with Gasteiger partial charge in [0, 0.05) is 26.0 Å². The fourth-order valence-electron chi connectivity index (χ4n) is 1.59. The van der Waals surface area contributed by atoms with Crippen molar-refractivity contribution in [1.29, 1.82) is 0 Å². The Morgan fingerprint density at radius 2 is 1.67 bits per heavy atom. The standard InChI is InChI=1S/C9H10N2.C8H11N3O3S.Na/c1-2-8-10-11-9-6-4-3-5-7-9;1-11(2)8-5-3-7(4-6-8)9-10-15(12,13)14;/h2-8,11H,1H2;3-6H,1-2H3,(H,12,13,14);/q;;+1/p-1. The third kappa shape index (κ3) is 12.1. The fraction of sp³-hybridized carbons (Fsp3) is 0.118. The van der Waals surface area contributed by atoms with Crippen molar-refractivity contribution in [3.8, 4) is 0 Å². The molecule has 2 rings (SSSR count). The summed E-state index contributed by atoms with van der Waals surface area (Å²) in [5.41, 5.74) is 5.08. The molecule has 10 heteroatoms. The van der Waals surface area contributed by atoms with Gasteiger partial charge < -0.3 is 9.45 Å². The van der Waals surface area contributed by atoms with Crippen molar-refractivity contribution in [2.24, 2.45) is 14.7 Å². The van der Waals surface area contributed by atoms with E-state index in [4.69, 9.17) is 0 Å². The number of nitrogens with one attached hydrogen (secondary N) is 1. The first kappa shape index (κ1) is 25.0. The molecule has 0 heterocycles. The van der Waals surface area contributed by atoms with Crippen LogP contribution in [-0.4, -0.2) is 33.3 Å². The molecule has 0 saturated heterocycles. The van der Waals surface area contributed by atoms with Crippen LogP contribution in [0, 0.1) is 0 Å². The van der Waals surface area contributed by atoms with Gasteiger partial charge in [-0.3, -0.25) is 5.43 Å². The van der Waals surface area contributed by atoms with Gasteiger partial charge in [-0.1, -0.05) is 29.3 Å². The van der Waals surface area contributed by atoms with E-state index in [1.54, 1.807) is 36.6 Å². The van der Waals surface area contributed by atoms with Crippen LogP contribution in [0.3, 0.4) is 0 Å². The molecule has 0 fully saturated rings. The number of hydrazone groups is 1. The molecule has 27 heavy (non-hydrogen) atoms. The molecule has 0 bridgehead atoms. The summed E-state index contributed by atoms with van der Waals surface area (Å²) in [4.78, 5) is 1.88. The normalized spacial score (nSPS) is 10.6. The number of benzene rings is 2. The summed E-state index contributed by atoms with van der Waals surface area (Å²) in [5.74, 6) is 0. The maximum atomic E-state index is 10.2. The predicted molar refractivity (Wildman–Crippen MR) is 104 cm³/mol. The number of rotatable bonds is 6. The number of para-hydroxylation sites is 1. The van der Waals surface area contributed by atoms with Gasteiger partial charge in [0.1, 0.15) is 0 Å². The molecule has 0 radical (unpaired) electrons. The molecule has 0 saturated carbocycles. The number of anilines is 2. The molecular formula is C17H20N5NaO3S. The number of hydrogen-bond acceptors (Lipinski definition) is 7. The van der Waals surface area contributed by atoms with E-state index in [1.807, 2.05) is 49.3 Å². The van der Waals surface area contributed by atoms with E-state index in [9.17, 15) is 13.0 Å². The van der Waals surface area contributed by atoms with Crippen molar-refractivity contribution in [2.45, 2.75) is 0 Å². The van der Waals surface area contributed by atoms with E-state index in [-0.39, 0.29) is 29.6 Å². The van der Waals surface area contributed by atoms with Gasteiger partial charge in [0.2, 0.25) is 10.3 Å². The SMILES string of the molecule is C=CC=NNc1ccccc1.CN(C)c1ccc(N=NS(=O)(=O)[O-])cc1.[Na+]. The van der Waals surface area contributed by atoms with Crippen LogP contribution in [0.5, 0.6) is 0 Å². The Labute approximate surface area is 181 Å². The van der Waals surface area contributed by atoms with Crippen molar-refractivity contribution in [1.82, 2.24) is 0 Å². The molecule has 0 aliphatic heterocycles. The van der Waals surface area contributed by atoms with Crippen LogP contribution < -0.4 is 39.9 Å². The average Bonchev–Trinajstić information content (AvgIpc) is 2.61. The van der Waals surface area contributed by atoms with E-state index in [2.05, 4.69) is 26.7 Å². The van der Waals surface area contributed by atoms with Crippen LogP contribution in [0.4, 0.5) is 17.1 Å². The zero-order valence-electron chi connectivity index (χ0n) is 15.5. The van der Waals surface area contributed by atoms with E-state index < -0.39 is 10.3 Å². The summed E-state index contributed by atoms with van der Waals surface area (Å²) in [7, 11) is -0.904. The Bertz CT molecular complexity index is 839. The van der Waals surface area contributed by atoms with Crippen LogP contribution in [-0.2, 0) is 10.3 Å². The summed E-state index contributed by atoms with van der Waals surface area (Å²) in [5, 5.41) is 7.15. The number of hydrogen-bond donors (Lipinski definition) is 1. The van der Waals surface area contributed by atoms with Gasteiger partial charge in [0.15, 0.2) is 0 Å². The Balaban J connectivity index is 0.000000504. The molecule has 0 amide bonds. The average molecular weight is 397 g/mol. The molecule has 138 valence electrons. The second kappa shape index (κ2) is 13.2. The van der Waals surface area contributed by atoms with Crippen LogP contribution in [0.15, 0.2) is 82.0 Å². The van der Waals surface area contributed by atoms with Gasteiger partial charge in [-0.05, 0) is 42.5 Å². The van der Waals surface area contributed by atoms with Crippen molar-refractivity contribution in [2.75, 3.05) is 24.4 Å². The summed E-state index contributed by atoms with van der Waals surface area (Å²) in [6.45, 7) is 3.50. The zero-order chi connectivity index (χ0) is 19.4. The third-order valence-corrected chi connectivity index (χ3v) is 3.05. The number of allylic oxidation sites excluding steroid dienone is 1. The molecule has 0 aromatic heterocycles. The summed E-state index contributed by atoms with van der Waals surface area (Å²) < 4.78 is 33.1. The van der Waals surface area contributed by atoms with Crippen molar-refractivity contribution < 1.29 is 42.5 Å². The minimum absolute atomic E-state index is 0. The third-order valence-electron chi connectivity index (χ3n) is 2.77. The minimum Gasteiger partial charge on any atom is -0.728 e. The van der Waals surface area contributed by atoms with Crippen LogP contribution >= 0.6 is 0 Å². The maximum absolute atomic E-state index is 10.2. The van der Waals surface area contributed by atoms with E-state index in [0.717, 1.165) is 11.4 Å². The topological polar surface area (TPSA) is 110 Å². The first-order valence-corrected chi connectivity index (χ1v) is 8.79. The van der Waals surface area contributed by atoms with Gasteiger partial charge in [0.05, 0.1) is 11.4 Å². The Morgan fingerprint density at radius 3 is 2.15 bits per heavy atom. The molecule has 8 nitrogen and oxygen atoms in total. The molecule has 0 unspecified atom stereocenters. The van der Waals surface area contributed by atoms with Gasteiger partial charge in [0.25, 0.3) is 0 Å². The molecule has 0 aliphatic rings. The summed E-state index contributed by atoms with van der Waals surface area (Å²) >= 11 is 0. The summed E-state index contributed by atoms with van der Waals surface area (Å²) in [6.07, 6.45) is 3.23. The second-order valence-electron chi connectivity index (χ2n) is 5.01. The van der Waals surface area contributed by atoms with Crippen molar-refractivity contribution >= 4 is 33.6 Å². The Hall–Kier alpha value is -2.04. The fourth-order valence-corrected chi connectivity index (χ4v) is 1.79. The first-order valence-electron chi connectivity index (χ1n) is 7.43. The monoisotopic (exact) mass is 397 g/mol. The molecular weight excluding hydrogens is 377 g/mol. The van der Waals surface area contributed by atoms with E-state index in [1.165, 1.54) is 0 Å². The molecule has 0 aliphatic carbocycles. The molecule has 0 atom stereocenters.